The maximum atomic E-state index is 13.0. The van der Waals surface area contributed by atoms with E-state index in [1.54, 1.807) is 6.20 Å². The summed E-state index contributed by atoms with van der Waals surface area (Å²) < 4.78 is 0. The van der Waals surface area contributed by atoms with Crippen LogP contribution in [-0.4, -0.2) is 38.8 Å². The van der Waals surface area contributed by atoms with E-state index in [2.05, 4.69) is 19.9 Å². The number of halogens is 1. The quantitative estimate of drug-likeness (QED) is 0.812. The van der Waals surface area contributed by atoms with Crippen LogP contribution in [0.2, 0.25) is 5.02 Å². The van der Waals surface area contributed by atoms with Crippen LogP contribution in [0.3, 0.4) is 0 Å². The van der Waals surface area contributed by atoms with Crippen LogP contribution in [-0.2, 0) is 17.9 Å². The second-order valence-electron chi connectivity index (χ2n) is 7.19. The molecule has 2 aliphatic heterocycles. The Bertz CT molecular complexity index is 884. The molecule has 1 fully saturated rings. The van der Waals surface area contributed by atoms with Crippen LogP contribution in [0.25, 0.3) is 0 Å². The van der Waals surface area contributed by atoms with E-state index in [4.69, 9.17) is 11.6 Å². The van der Waals surface area contributed by atoms with Crippen molar-refractivity contribution in [3.63, 3.8) is 0 Å². The summed E-state index contributed by atoms with van der Waals surface area (Å²) in [5, 5.41) is 0.710. The van der Waals surface area contributed by atoms with Crippen molar-refractivity contribution in [2.75, 3.05) is 18.0 Å². The summed E-state index contributed by atoms with van der Waals surface area (Å²) >= 11 is 6.33. The molecule has 4 heterocycles. The second-order valence-corrected chi connectivity index (χ2v) is 7.56. The van der Waals surface area contributed by atoms with Crippen LogP contribution in [0, 0.1) is 26.7 Å². The van der Waals surface area contributed by atoms with Gasteiger partial charge >= 0.3 is 0 Å². The Balaban J connectivity index is 1.47. The molecule has 4 rings (SSSR count). The molecule has 136 valence electrons. The molecule has 0 aliphatic carbocycles. The molecule has 2 aliphatic rings. The molecule has 0 radical (unpaired) electrons. The van der Waals surface area contributed by atoms with Gasteiger partial charge in [-0.1, -0.05) is 11.6 Å². The summed E-state index contributed by atoms with van der Waals surface area (Å²) in [5.41, 5.74) is 4.90. The molecule has 2 aromatic rings. The zero-order chi connectivity index (χ0) is 18.4. The average molecular weight is 372 g/mol. The number of fused-ring (bicyclic) bond motifs is 1. The molecule has 0 saturated carbocycles. The van der Waals surface area contributed by atoms with Crippen molar-refractivity contribution < 1.29 is 4.79 Å². The third kappa shape index (κ3) is 2.92. The van der Waals surface area contributed by atoms with Gasteiger partial charge in [0.2, 0.25) is 11.9 Å². The maximum absolute atomic E-state index is 13.0. The van der Waals surface area contributed by atoms with Gasteiger partial charge in [0, 0.05) is 31.5 Å². The third-order valence-corrected chi connectivity index (χ3v) is 5.91. The summed E-state index contributed by atoms with van der Waals surface area (Å²) in [5.74, 6) is 0.876. The predicted molar refractivity (Wildman–Crippen MR) is 100 cm³/mol. The van der Waals surface area contributed by atoms with Crippen molar-refractivity contribution in [2.45, 2.75) is 40.3 Å². The van der Waals surface area contributed by atoms with Gasteiger partial charge in [-0.25, -0.2) is 9.97 Å². The first-order valence-electron chi connectivity index (χ1n) is 8.92. The van der Waals surface area contributed by atoms with Crippen molar-refractivity contribution in [3.05, 3.63) is 45.5 Å². The SMILES string of the molecule is Cc1ccnc(N2CC[C@@H](C(=O)N3Cc4nc(C)c(Cl)c(C)c4C3)C2)n1. The van der Waals surface area contributed by atoms with Gasteiger partial charge in [0.15, 0.2) is 0 Å². The topological polar surface area (TPSA) is 62.2 Å². The Kier molecular flexibility index (Phi) is 4.31. The van der Waals surface area contributed by atoms with E-state index in [1.165, 1.54) is 0 Å². The molecule has 0 bridgehead atoms. The number of carbonyl (C=O) groups excluding carboxylic acids is 1. The fourth-order valence-corrected chi connectivity index (χ4v) is 4.01. The monoisotopic (exact) mass is 371 g/mol. The van der Waals surface area contributed by atoms with Crippen molar-refractivity contribution >= 4 is 23.5 Å². The van der Waals surface area contributed by atoms with Crippen molar-refractivity contribution in [2.24, 2.45) is 5.92 Å². The highest BCUT2D eigenvalue weighted by Crippen LogP contribution is 2.32. The minimum Gasteiger partial charge on any atom is -0.340 e. The van der Waals surface area contributed by atoms with Gasteiger partial charge in [-0.05, 0) is 44.4 Å². The summed E-state index contributed by atoms with van der Waals surface area (Å²) in [7, 11) is 0. The molecule has 6 nitrogen and oxygen atoms in total. The first-order chi connectivity index (χ1) is 12.4. The van der Waals surface area contributed by atoms with Crippen molar-refractivity contribution in [3.8, 4) is 0 Å². The molecule has 1 atom stereocenters. The number of rotatable bonds is 2. The Hall–Kier alpha value is -2.21. The standard InChI is InChI=1S/C19H22ClN5O/c1-11-4-6-21-19(22-11)24-7-5-14(8-24)18(26)25-9-15-12(2)17(20)13(3)23-16(15)10-25/h4,6,14H,5,7-10H2,1-3H3/t14-/m1/s1. The van der Waals surface area contributed by atoms with Gasteiger partial charge in [0.05, 0.1) is 28.9 Å². The highest BCUT2D eigenvalue weighted by Gasteiger charge is 2.36. The van der Waals surface area contributed by atoms with Gasteiger partial charge < -0.3 is 9.80 Å². The summed E-state index contributed by atoms with van der Waals surface area (Å²) in [6, 6.07) is 1.88. The number of nitrogens with zero attached hydrogens (tertiary/aromatic N) is 5. The Labute approximate surface area is 158 Å². The van der Waals surface area contributed by atoms with Crippen LogP contribution in [0.5, 0.6) is 0 Å². The molecular weight excluding hydrogens is 350 g/mol. The van der Waals surface area contributed by atoms with Crippen LogP contribution in [0.4, 0.5) is 5.95 Å². The molecule has 0 N–H and O–H groups in total. The van der Waals surface area contributed by atoms with Gasteiger partial charge in [0.1, 0.15) is 0 Å². The number of amides is 1. The first-order valence-corrected chi connectivity index (χ1v) is 9.29. The van der Waals surface area contributed by atoms with Gasteiger partial charge in [-0.3, -0.25) is 9.78 Å². The molecule has 2 aromatic heterocycles. The molecule has 0 aromatic carbocycles. The molecule has 7 heteroatoms. The largest absolute Gasteiger partial charge is 0.340 e. The summed E-state index contributed by atoms with van der Waals surface area (Å²) in [6.45, 7) is 8.53. The molecule has 1 amide bonds. The maximum Gasteiger partial charge on any atom is 0.228 e. The fourth-order valence-electron chi connectivity index (χ4n) is 3.85. The zero-order valence-electron chi connectivity index (χ0n) is 15.3. The van der Waals surface area contributed by atoms with Crippen molar-refractivity contribution in [1.29, 1.82) is 0 Å². The number of pyridine rings is 1. The first kappa shape index (κ1) is 17.2. The molecule has 26 heavy (non-hydrogen) atoms. The Morgan fingerprint density at radius 1 is 1.23 bits per heavy atom. The van der Waals surface area contributed by atoms with E-state index >= 15 is 0 Å². The van der Waals surface area contributed by atoms with Crippen LogP contribution in [0.1, 0.15) is 34.6 Å². The summed E-state index contributed by atoms with van der Waals surface area (Å²) in [4.78, 5) is 30.5. The number of anilines is 1. The van der Waals surface area contributed by atoms with Crippen LogP contribution in [0.15, 0.2) is 12.3 Å². The van der Waals surface area contributed by atoms with E-state index in [0.29, 0.717) is 30.6 Å². The van der Waals surface area contributed by atoms with Crippen LogP contribution < -0.4 is 4.90 Å². The normalized spacial score (nSPS) is 19.2. The van der Waals surface area contributed by atoms with E-state index in [0.717, 1.165) is 41.2 Å². The average Bonchev–Trinajstić information content (AvgIpc) is 3.26. The number of aromatic nitrogens is 3. The smallest absolute Gasteiger partial charge is 0.228 e. The predicted octanol–water partition coefficient (Wildman–Crippen LogP) is 2.82. The Morgan fingerprint density at radius 3 is 2.81 bits per heavy atom. The van der Waals surface area contributed by atoms with E-state index < -0.39 is 0 Å². The second kappa shape index (κ2) is 6.50. The van der Waals surface area contributed by atoms with E-state index in [1.807, 2.05) is 31.7 Å². The van der Waals surface area contributed by atoms with E-state index in [9.17, 15) is 4.79 Å². The minimum atomic E-state index is -0.0229. The van der Waals surface area contributed by atoms with Crippen molar-refractivity contribution in [1.82, 2.24) is 19.9 Å². The molecule has 1 saturated heterocycles. The Morgan fingerprint density at radius 2 is 2.04 bits per heavy atom. The van der Waals surface area contributed by atoms with E-state index in [-0.39, 0.29) is 11.8 Å². The lowest BCUT2D eigenvalue weighted by Crippen LogP contribution is -2.34. The lowest BCUT2D eigenvalue weighted by Gasteiger charge is -2.20. The molecule has 0 unspecified atom stereocenters. The highest BCUT2D eigenvalue weighted by atomic mass is 35.5. The third-order valence-electron chi connectivity index (χ3n) is 5.35. The number of aryl methyl sites for hydroxylation is 2. The summed E-state index contributed by atoms with van der Waals surface area (Å²) in [6.07, 6.45) is 2.60. The van der Waals surface area contributed by atoms with Crippen LogP contribution >= 0.6 is 11.6 Å². The number of hydrogen-bond acceptors (Lipinski definition) is 5. The number of hydrogen-bond donors (Lipinski definition) is 0. The lowest BCUT2D eigenvalue weighted by molar-refractivity contribution is -0.135. The van der Waals surface area contributed by atoms with Gasteiger partial charge in [0.25, 0.3) is 0 Å². The molecule has 0 spiro atoms. The minimum absolute atomic E-state index is 0.0229. The van der Waals surface area contributed by atoms with Gasteiger partial charge in [-0.15, -0.1) is 0 Å². The van der Waals surface area contributed by atoms with Gasteiger partial charge in [-0.2, -0.15) is 0 Å². The lowest BCUT2D eigenvalue weighted by atomic mass is 10.1. The fraction of sp³-hybridized carbons (Fsp3) is 0.474. The number of carbonyl (C=O) groups is 1. The molecular formula is C19H22ClN5O. The highest BCUT2D eigenvalue weighted by molar-refractivity contribution is 6.32. The zero-order valence-corrected chi connectivity index (χ0v) is 16.0.